The van der Waals surface area contributed by atoms with Gasteiger partial charge in [0.1, 0.15) is 24.4 Å². The molecule has 40 heavy (non-hydrogen) atoms. The Kier molecular flexibility index (Phi) is 12.1. The predicted octanol–water partition coefficient (Wildman–Crippen LogP) is 6.51. The van der Waals surface area contributed by atoms with Gasteiger partial charge in [-0.3, -0.25) is 0 Å². The fourth-order valence-electron chi connectivity index (χ4n) is 4.37. The van der Waals surface area contributed by atoms with Gasteiger partial charge in [-0.25, -0.2) is 0 Å². The number of rotatable bonds is 17. The fourth-order valence-corrected chi connectivity index (χ4v) is 4.37. The van der Waals surface area contributed by atoms with E-state index in [1.54, 1.807) is 6.08 Å². The van der Waals surface area contributed by atoms with E-state index in [2.05, 4.69) is 6.58 Å². The lowest BCUT2D eigenvalue weighted by Crippen LogP contribution is -2.49. The van der Waals surface area contributed by atoms with Gasteiger partial charge in [-0.05, 0) is 22.3 Å². The minimum atomic E-state index is -0.976. The van der Waals surface area contributed by atoms with Gasteiger partial charge in [0.05, 0.1) is 33.0 Å². The summed E-state index contributed by atoms with van der Waals surface area (Å²) in [5.41, 5.74) is 4.07. The molecule has 4 rings (SSSR count). The molecule has 3 unspecified atom stereocenters. The zero-order chi connectivity index (χ0) is 27.8. The maximum absolute atomic E-state index is 11.4. The summed E-state index contributed by atoms with van der Waals surface area (Å²) >= 11 is 0. The Labute approximate surface area is 237 Å². The molecule has 0 saturated carbocycles. The van der Waals surface area contributed by atoms with Crippen LogP contribution in [0.3, 0.4) is 0 Å². The molecule has 5 heteroatoms. The summed E-state index contributed by atoms with van der Waals surface area (Å²) in [6.07, 6.45) is -1.21. The van der Waals surface area contributed by atoms with E-state index in [0.717, 1.165) is 22.3 Å². The first-order valence-corrected chi connectivity index (χ1v) is 13.6. The Balaban J connectivity index is 1.53. The molecule has 0 aliphatic carbocycles. The van der Waals surface area contributed by atoms with Crippen molar-refractivity contribution in [2.24, 2.45) is 0 Å². The molecule has 4 aromatic rings. The molecular formula is C35H38O5. The molecule has 5 nitrogen and oxygen atoms in total. The summed E-state index contributed by atoms with van der Waals surface area (Å²) in [6, 6.07) is 39.6. The molecule has 0 saturated heterocycles. The quantitative estimate of drug-likeness (QED) is 0.155. The zero-order valence-corrected chi connectivity index (χ0v) is 22.8. The van der Waals surface area contributed by atoms with Crippen molar-refractivity contribution in [1.29, 1.82) is 0 Å². The van der Waals surface area contributed by atoms with Crippen LogP contribution in [-0.2, 0) is 45.4 Å². The van der Waals surface area contributed by atoms with E-state index in [0.29, 0.717) is 26.4 Å². The molecule has 0 heterocycles. The van der Waals surface area contributed by atoms with Crippen molar-refractivity contribution in [1.82, 2.24) is 0 Å². The molecular weight excluding hydrogens is 500 g/mol. The molecule has 4 aromatic carbocycles. The van der Waals surface area contributed by atoms with Gasteiger partial charge in [0, 0.05) is 0 Å². The Hall–Kier alpha value is -3.58. The standard InChI is InChI=1S/C35H38O5/c1-2-33(38-24-29-17-9-4-10-18-29)35(40-26-31-21-13-6-14-22-31)34(39-25-30-19-11-5-12-20-30)32(36)27-37-23-28-15-7-3-8-16-28/h2-22,32-36H,1,23-27H2/t32?,33?,34-,35?/m1/s1. The maximum Gasteiger partial charge on any atom is 0.116 e. The Bertz CT molecular complexity index is 1220. The Morgan fingerprint density at radius 1 is 0.525 bits per heavy atom. The first kappa shape index (κ1) is 29.4. The van der Waals surface area contributed by atoms with Crippen LogP contribution in [0, 0.1) is 0 Å². The largest absolute Gasteiger partial charge is 0.388 e. The van der Waals surface area contributed by atoms with Gasteiger partial charge in [0.2, 0.25) is 0 Å². The number of ether oxygens (including phenoxy) is 4. The second-order valence-electron chi connectivity index (χ2n) is 9.59. The molecule has 1 N–H and O–H groups in total. The highest BCUT2D eigenvalue weighted by Crippen LogP contribution is 2.22. The van der Waals surface area contributed by atoms with Crippen LogP contribution in [0.5, 0.6) is 0 Å². The van der Waals surface area contributed by atoms with Crippen LogP contribution >= 0.6 is 0 Å². The lowest BCUT2D eigenvalue weighted by Gasteiger charge is -2.35. The zero-order valence-electron chi connectivity index (χ0n) is 22.8. The van der Waals surface area contributed by atoms with Crippen LogP contribution in [0.1, 0.15) is 22.3 Å². The van der Waals surface area contributed by atoms with Crippen molar-refractivity contribution >= 4 is 0 Å². The molecule has 0 aliphatic heterocycles. The van der Waals surface area contributed by atoms with E-state index >= 15 is 0 Å². The first-order valence-electron chi connectivity index (χ1n) is 13.6. The highest BCUT2D eigenvalue weighted by atomic mass is 16.6. The Morgan fingerprint density at radius 3 is 1.32 bits per heavy atom. The molecule has 0 amide bonds. The second kappa shape index (κ2) is 16.5. The summed E-state index contributed by atoms with van der Waals surface area (Å²) in [5.74, 6) is 0. The Morgan fingerprint density at radius 2 is 0.900 bits per heavy atom. The minimum absolute atomic E-state index is 0.0715. The van der Waals surface area contributed by atoms with Crippen LogP contribution in [0.4, 0.5) is 0 Å². The predicted molar refractivity (Wildman–Crippen MR) is 157 cm³/mol. The van der Waals surface area contributed by atoms with E-state index in [1.165, 1.54) is 0 Å². The summed E-state index contributed by atoms with van der Waals surface area (Å²) in [5, 5.41) is 11.4. The molecule has 0 radical (unpaired) electrons. The molecule has 0 aromatic heterocycles. The highest BCUT2D eigenvalue weighted by molar-refractivity contribution is 5.16. The van der Waals surface area contributed by atoms with Crippen molar-refractivity contribution in [2.75, 3.05) is 6.61 Å². The molecule has 0 fully saturated rings. The van der Waals surface area contributed by atoms with Gasteiger partial charge in [-0.1, -0.05) is 127 Å². The van der Waals surface area contributed by atoms with Crippen molar-refractivity contribution < 1.29 is 24.1 Å². The van der Waals surface area contributed by atoms with Crippen molar-refractivity contribution in [3.05, 3.63) is 156 Å². The maximum atomic E-state index is 11.4. The van der Waals surface area contributed by atoms with E-state index in [-0.39, 0.29) is 6.61 Å². The van der Waals surface area contributed by atoms with E-state index in [1.807, 2.05) is 121 Å². The SMILES string of the molecule is C=CC(OCc1ccccc1)C(OCc1ccccc1)[C@H](OCc1ccccc1)C(O)COCc1ccccc1. The van der Waals surface area contributed by atoms with E-state index < -0.39 is 24.4 Å². The summed E-state index contributed by atoms with van der Waals surface area (Å²) in [4.78, 5) is 0. The van der Waals surface area contributed by atoms with Crippen LogP contribution in [0.2, 0.25) is 0 Å². The molecule has 0 spiro atoms. The smallest absolute Gasteiger partial charge is 0.116 e. The lowest BCUT2D eigenvalue weighted by atomic mass is 10.0. The van der Waals surface area contributed by atoms with Crippen LogP contribution in [0.15, 0.2) is 134 Å². The molecule has 208 valence electrons. The molecule has 0 bridgehead atoms. The second-order valence-corrected chi connectivity index (χ2v) is 9.59. The van der Waals surface area contributed by atoms with E-state index in [4.69, 9.17) is 18.9 Å². The third-order valence-electron chi connectivity index (χ3n) is 6.52. The number of hydrogen-bond donors (Lipinski definition) is 1. The normalized spacial score (nSPS) is 14.2. The number of benzene rings is 4. The van der Waals surface area contributed by atoms with Crippen LogP contribution in [-0.4, -0.2) is 36.1 Å². The van der Waals surface area contributed by atoms with Crippen molar-refractivity contribution in [3.8, 4) is 0 Å². The van der Waals surface area contributed by atoms with Crippen LogP contribution < -0.4 is 0 Å². The average Bonchev–Trinajstić information content (AvgIpc) is 3.01. The number of aliphatic hydroxyl groups is 1. The topological polar surface area (TPSA) is 57.2 Å². The monoisotopic (exact) mass is 538 g/mol. The number of hydrogen-bond acceptors (Lipinski definition) is 5. The summed E-state index contributed by atoms with van der Waals surface area (Å²) in [7, 11) is 0. The minimum Gasteiger partial charge on any atom is -0.388 e. The average molecular weight is 539 g/mol. The van der Waals surface area contributed by atoms with Gasteiger partial charge in [0.25, 0.3) is 0 Å². The first-order chi connectivity index (χ1) is 19.7. The third-order valence-corrected chi connectivity index (χ3v) is 6.52. The van der Waals surface area contributed by atoms with Gasteiger partial charge in [0.15, 0.2) is 0 Å². The molecule has 0 aliphatic rings. The number of aliphatic hydroxyl groups excluding tert-OH is 1. The van der Waals surface area contributed by atoms with E-state index in [9.17, 15) is 5.11 Å². The third kappa shape index (κ3) is 9.56. The van der Waals surface area contributed by atoms with Crippen molar-refractivity contribution in [2.45, 2.75) is 50.8 Å². The lowest BCUT2D eigenvalue weighted by molar-refractivity contribution is -0.178. The van der Waals surface area contributed by atoms with Gasteiger partial charge < -0.3 is 24.1 Å². The van der Waals surface area contributed by atoms with Crippen molar-refractivity contribution in [3.63, 3.8) is 0 Å². The fraction of sp³-hybridized carbons (Fsp3) is 0.257. The summed E-state index contributed by atoms with van der Waals surface area (Å²) in [6.45, 7) is 5.49. The highest BCUT2D eigenvalue weighted by Gasteiger charge is 2.36. The van der Waals surface area contributed by atoms with Crippen LogP contribution in [0.25, 0.3) is 0 Å². The summed E-state index contributed by atoms with van der Waals surface area (Å²) < 4.78 is 25.1. The van der Waals surface area contributed by atoms with Gasteiger partial charge >= 0.3 is 0 Å². The van der Waals surface area contributed by atoms with Gasteiger partial charge in [-0.15, -0.1) is 6.58 Å². The molecule has 4 atom stereocenters. The van der Waals surface area contributed by atoms with Gasteiger partial charge in [-0.2, -0.15) is 0 Å².